The zero-order valence-corrected chi connectivity index (χ0v) is 21.9. The van der Waals surface area contributed by atoms with Gasteiger partial charge < -0.3 is 14.0 Å². The summed E-state index contributed by atoms with van der Waals surface area (Å²) in [7, 11) is 1.53. The number of fused-ring (bicyclic) bond motifs is 3. The second-order valence-corrected chi connectivity index (χ2v) is 10.5. The van der Waals surface area contributed by atoms with E-state index in [0.717, 1.165) is 42.1 Å². The summed E-state index contributed by atoms with van der Waals surface area (Å²) in [5, 5.41) is 0.929. The van der Waals surface area contributed by atoms with Crippen molar-refractivity contribution in [3.63, 3.8) is 0 Å². The van der Waals surface area contributed by atoms with Crippen LogP contribution in [0, 0.1) is 5.92 Å². The Kier molecular flexibility index (Phi) is 6.48. The highest BCUT2D eigenvalue weighted by Crippen LogP contribution is 2.33. The monoisotopic (exact) mass is 536 g/mol. The minimum Gasteiger partial charge on any atom is -0.481 e. The van der Waals surface area contributed by atoms with Crippen LogP contribution in [0.15, 0.2) is 54.9 Å². The lowest BCUT2D eigenvalue weighted by Crippen LogP contribution is -2.56. The van der Waals surface area contributed by atoms with Crippen molar-refractivity contribution in [1.82, 2.24) is 29.2 Å². The molecular weight excluding hydrogens is 511 g/mol. The smallest absolute Gasteiger partial charge is 0.274 e. The topological polar surface area (TPSA) is 75.9 Å². The second kappa shape index (κ2) is 9.93. The van der Waals surface area contributed by atoms with Crippen molar-refractivity contribution < 1.29 is 9.53 Å². The number of hydrogen-bond donors (Lipinski definition) is 0. The molecule has 0 spiro atoms. The summed E-state index contributed by atoms with van der Waals surface area (Å²) in [4.78, 5) is 31.6. The number of rotatable bonds is 5. The Morgan fingerprint density at radius 1 is 1.11 bits per heavy atom. The molecule has 0 aromatic carbocycles. The molecule has 190 valence electrons. The molecule has 6 heterocycles. The molecule has 4 aromatic rings. The molecular formula is C27H26Cl2N6O2. The van der Waals surface area contributed by atoms with Crippen LogP contribution >= 0.6 is 23.2 Å². The molecule has 2 aliphatic heterocycles. The number of carbonyl (C=O) groups excluding carboxylic acids is 1. The van der Waals surface area contributed by atoms with Crippen molar-refractivity contribution in [2.75, 3.05) is 26.7 Å². The van der Waals surface area contributed by atoms with Gasteiger partial charge in [0.25, 0.3) is 5.91 Å². The van der Waals surface area contributed by atoms with E-state index in [2.05, 4.69) is 19.3 Å². The van der Waals surface area contributed by atoms with E-state index in [1.165, 1.54) is 7.11 Å². The van der Waals surface area contributed by atoms with E-state index in [9.17, 15) is 4.79 Å². The quantitative estimate of drug-likeness (QED) is 0.363. The molecule has 1 amide bonds. The third-order valence-corrected chi connectivity index (χ3v) is 7.86. The maximum Gasteiger partial charge on any atom is 0.274 e. The zero-order chi connectivity index (χ0) is 25.5. The van der Waals surface area contributed by atoms with E-state index in [0.29, 0.717) is 41.5 Å². The predicted octanol–water partition coefficient (Wildman–Crippen LogP) is 4.84. The first kappa shape index (κ1) is 24.2. The number of hydrogen-bond acceptors (Lipinski definition) is 6. The van der Waals surface area contributed by atoms with Gasteiger partial charge in [0.05, 0.1) is 28.5 Å². The van der Waals surface area contributed by atoms with Crippen molar-refractivity contribution in [3.05, 3.63) is 76.3 Å². The largest absolute Gasteiger partial charge is 0.481 e. The van der Waals surface area contributed by atoms with Crippen molar-refractivity contribution in [3.8, 4) is 17.3 Å². The minimum atomic E-state index is -0.152. The summed E-state index contributed by atoms with van der Waals surface area (Å²) in [6.45, 7) is 3.00. The van der Waals surface area contributed by atoms with Gasteiger partial charge >= 0.3 is 0 Å². The van der Waals surface area contributed by atoms with Crippen LogP contribution in [-0.4, -0.2) is 67.8 Å². The molecule has 2 unspecified atom stereocenters. The molecule has 2 aliphatic rings. The normalized spacial score (nSPS) is 19.8. The maximum absolute atomic E-state index is 13.5. The lowest BCUT2D eigenvalue weighted by molar-refractivity contribution is 0.0153. The van der Waals surface area contributed by atoms with Crippen molar-refractivity contribution in [1.29, 1.82) is 0 Å². The van der Waals surface area contributed by atoms with Gasteiger partial charge in [0.15, 0.2) is 5.69 Å². The highest BCUT2D eigenvalue weighted by atomic mass is 35.5. The molecule has 2 saturated heterocycles. The summed E-state index contributed by atoms with van der Waals surface area (Å²) in [5.74, 6) is 0.673. The van der Waals surface area contributed by atoms with Crippen LogP contribution in [0.5, 0.6) is 5.88 Å². The van der Waals surface area contributed by atoms with Crippen LogP contribution in [0.25, 0.3) is 17.0 Å². The summed E-state index contributed by atoms with van der Waals surface area (Å²) in [5.41, 5.74) is 3.83. The fourth-order valence-corrected chi connectivity index (χ4v) is 5.80. The van der Waals surface area contributed by atoms with Crippen molar-refractivity contribution in [2.45, 2.75) is 25.4 Å². The average Bonchev–Trinajstić information content (AvgIpc) is 3.28. The minimum absolute atomic E-state index is 0.152. The van der Waals surface area contributed by atoms with Gasteiger partial charge in [-0.1, -0.05) is 29.3 Å². The Labute approximate surface area is 224 Å². The Morgan fingerprint density at radius 2 is 2.00 bits per heavy atom. The van der Waals surface area contributed by atoms with Gasteiger partial charge in [-0.15, -0.1) is 0 Å². The first-order valence-corrected chi connectivity index (χ1v) is 13.1. The number of carbonyl (C=O) groups is 1. The number of pyridine rings is 3. The third-order valence-electron chi connectivity index (χ3n) is 7.33. The fraction of sp³-hybridized carbons (Fsp3) is 0.333. The molecule has 4 aromatic heterocycles. The van der Waals surface area contributed by atoms with Crippen molar-refractivity contribution in [2.24, 2.45) is 5.92 Å². The standard InChI is InChI=1S/C27H26Cl2N6O2/c1-37-24-8-6-20(29)25(32-24)27(36)34-14-17-9-11-33(19(12-17)15-34)16-22-26(21-7-5-18(28)13-30-21)31-23-4-2-3-10-35(22)23/h2-8,10,13,17,19H,9,11-12,14-16H2,1H3. The van der Waals surface area contributed by atoms with E-state index in [4.69, 9.17) is 32.9 Å². The first-order valence-electron chi connectivity index (χ1n) is 12.3. The highest BCUT2D eigenvalue weighted by Gasteiger charge is 2.38. The number of piperidine rings is 2. The van der Waals surface area contributed by atoms with Gasteiger partial charge in [0, 0.05) is 44.1 Å². The van der Waals surface area contributed by atoms with Gasteiger partial charge in [-0.25, -0.2) is 9.97 Å². The van der Waals surface area contributed by atoms with Crippen LogP contribution < -0.4 is 4.74 Å². The third kappa shape index (κ3) is 4.65. The molecule has 2 bridgehead atoms. The predicted molar refractivity (Wildman–Crippen MR) is 142 cm³/mol. The van der Waals surface area contributed by atoms with Crippen LogP contribution in [0.2, 0.25) is 10.0 Å². The van der Waals surface area contributed by atoms with Crippen LogP contribution in [0.3, 0.4) is 0 Å². The summed E-state index contributed by atoms with van der Waals surface area (Å²) >= 11 is 12.4. The highest BCUT2D eigenvalue weighted by molar-refractivity contribution is 6.33. The van der Waals surface area contributed by atoms with Gasteiger partial charge in [-0.2, -0.15) is 0 Å². The van der Waals surface area contributed by atoms with E-state index in [-0.39, 0.29) is 17.6 Å². The number of likely N-dealkylation sites (tertiary alicyclic amines) is 2. The molecule has 2 atom stereocenters. The summed E-state index contributed by atoms with van der Waals surface area (Å²) in [6.07, 6.45) is 5.76. The van der Waals surface area contributed by atoms with Crippen LogP contribution in [0.1, 0.15) is 29.0 Å². The summed E-state index contributed by atoms with van der Waals surface area (Å²) < 4.78 is 7.35. The first-order chi connectivity index (χ1) is 18.0. The molecule has 37 heavy (non-hydrogen) atoms. The van der Waals surface area contributed by atoms with E-state index in [1.54, 1.807) is 18.3 Å². The Bertz CT molecular complexity index is 1460. The molecule has 2 fully saturated rings. The Morgan fingerprint density at radius 3 is 2.81 bits per heavy atom. The lowest BCUT2D eigenvalue weighted by Gasteiger charge is -2.47. The molecule has 10 heteroatoms. The molecule has 0 aliphatic carbocycles. The number of halogens is 2. The number of nitrogens with zero attached hydrogens (tertiary/aromatic N) is 6. The van der Waals surface area contributed by atoms with Gasteiger partial charge in [-0.05, 0) is 55.6 Å². The second-order valence-electron chi connectivity index (χ2n) is 9.61. The van der Waals surface area contributed by atoms with Crippen LogP contribution in [0.4, 0.5) is 0 Å². The number of amides is 1. The SMILES string of the molecule is COc1ccc(Cl)c(C(=O)N2CC3CCN(Cc4c(-c5ccc(Cl)cn5)nc5ccccn45)C(C3)C2)n1. The van der Waals surface area contributed by atoms with Gasteiger partial charge in [0.1, 0.15) is 11.3 Å². The Balaban J connectivity index is 1.28. The maximum atomic E-state index is 13.5. The van der Waals surface area contributed by atoms with Crippen LogP contribution in [-0.2, 0) is 6.54 Å². The number of imidazole rings is 1. The zero-order valence-electron chi connectivity index (χ0n) is 20.3. The van der Waals surface area contributed by atoms with Crippen molar-refractivity contribution >= 4 is 34.8 Å². The number of methoxy groups -OCH3 is 1. The van der Waals surface area contributed by atoms with Gasteiger partial charge in [-0.3, -0.25) is 14.7 Å². The lowest BCUT2D eigenvalue weighted by atomic mass is 9.86. The molecule has 0 N–H and O–H groups in total. The molecule has 6 rings (SSSR count). The van der Waals surface area contributed by atoms with E-state index >= 15 is 0 Å². The molecule has 0 saturated carbocycles. The van der Waals surface area contributed by atoms with Gasteiger partial charge in [0.2, 0.25) is 5.88 Å². The fourth-order valence-electron chi connectivity index (χ4n) is 5.50. The average molecular weight is 537 g/mol. The Hall–Kier alpha value is -3.20. The molecule has 0 radical (unpaired) electrons. The van der Waals surface area contributed by atoms with E-state index < -0.39 is 0 Å². The summed E-state index contributed by atoms with van der Waals surface area (Å²) in [6, 6.07) is 13.3. The number of ether oxygens (including phenoxy) is 1. The number of aromatic nitrogens is 4. The molecule has 8 nitrogen and oxygen atoms in total. The van der Waals surface area contributed by atoms with E-state index in [1.807, 2.05) is 41.4 Å².